The fourth-order valence-electron chi connectivity index (χ4n) is 2.67. The molecule has 0 aliphatic carbocycles. The number of thiophene rings is 1. The van der Waals surface area contributed by atoms with Crippen LogP contribution in [0.4, 0.5) is 5.00 Å². The number of hydrogen-bond donors (Lipinski definition) is 1. The van der Waals surface area contributed by atoms with Gasteiger partial charge in [0.1, 0.15) is 5.82 Å². The highest BCUT2D eigenvalue weighted by molar-refractivity contribution is 7.16. The Bertz CT molecular complexity index is 817. The molecule has 0 atom stereocenters. The van der Waals surface area contributed by atoms with Gasteiger partial charge >= 0.3 is 0 Å². The Morgan fingerprint density at radius 1 is 1.33 bits per heavy atom. The minimum atomic E-state index is 0.710. The van der Waals surface area contributed by atoms with E-state index in [9.17, 15) is 0 Å². The second-order valence-corrected chi connectivity index (χ2v) is 6.94. The summed E-state index contributed by atoms with van der Waals surface area (Å²) in [6.45, 7) is 7.30. The quantitative estimate of drug-likeness (QED) is 0.736. The molecule has 0 radical (unpaired) electrons. The van der Waals surface area contributed by atoms with Gasteiger partial charge in [0.05, 0.1) is 21.6 Å². The third kappa shape index (κ3) is 2.32. The van der Waals surface area contributed by atoms with E-state index < -0.39 is 0 Å². The van der Waals surface area contributed by atoms with Crippen LogP contribution in [0.5, 0.6) is 0 Å². The highest BCUT2D eigenvalue weighted by Gasteiger charge is 2.19. The van der Waals surface area contributed by atoms with Gasteiger partial charge in [0.2, 0.25) is 0 Å². The molecule has 5 heteroatoms. The second kappa shape index (κ2) is 5.35. The molecule has 0 amide bonds. The normalized spacial score (nSPS) is 11.4. The summed E-state index contributed by atoms with van der Waals surface area (Å²) >= 11 is 7.73. The van der Waals surface area contributed by atoms with Gasteiger partial charge in [-0.1, -0.05) is 18.5 Å². The molecule has 0 bridgehead atoms. The van der Waals surface area contributed by atoms with E-state index in [0.29, 0.717) is 5.02 Å². The van der Waals surface area contributed by atoms with E-state index in [1.54, 1.807) is 11.3 Å². The monoisotopic (exact) mass is 319 g/mol. The fraction of sp³-hybridized carbons (Fsp3) is 0.312. The Balaban J connectivity index is 2.33. The SMILES string of the molecule is CCCn1c(-c2c(N)sc(C)c2C)nc2cc(Cl)ccc21. The molecular formula is C16H18ClN3S. The minimum absolute atomic E-state index is 0.710. The molecule has 0 aliphatic rings. The van der Waals surface area contributed by atoms with Crippen LogP contribution in [0.25, 0.3) is 22.4 Å². The Labute approximate surface area is 133 Å². The van der Waals surface area contributed by atoms with Crippen LogP contribution in [0.15, 0.2) is 18.2 Å². The van der Waals surface area contributed by atoms with Gasteiger partial charge in [-0.25, -0.2) is 4.98 Å². The van der Waals surface area contributed by atoms with E-state index in [-0.39, 0.29) is 0 Å². The van der Waals surface area contributed by atoms with Crippen LogP contribution >= 0.6 is 22.9 Å². The molecule has 0 aliphatic heterocycles. The first-order valence-electron chi connectivity index (χ1n) is 7.04. The average Bonchev–Trinajstić information content (AvgIpc) is 2.88. The molecule has 2 N–H and O–H groups in total. The molecule has 1 aromatic carbocycles. The number of nitrogens with zero attached hydrogens (tertiary/aromatic N) is 2. The number of hydrogen-bond acceptors (Lipinski definition) is 3. The summed E-state index contributed by atoms with van der Waals surface area (Å²) in [5.74, 6) is 0.952. The average molecular weight is 320 g/mol. The number of aromatic nitrogens is 2. The van der Waals surface area contributed by atoms with Crippen LogP contribution in [0.3, 0.4) is 0 Å². The number of nitrogens with two attached hydrogens (primary N) is 1. The van der Waals surface area contributed by atoms with Crippen molar-refractivity contribution in [2.24, 2.45) is 0 Å². The van der Waals surface area contributed by atoms with Crippen molar-refractivity contribution >= 4 is 39.0 Å². The highest BCUT2D eigenvalue weighted by Crippen LogP contribution is 2.39. The lowest BCUT2D eigenvalue weighted by molar-refractivity contribution is 0.704. The Morgan fingerprint density at radius 2 is 2.10 bits per heavy atom. The number of anilines is 1. The van der Waals surface area contributed by atoms with Crippen molar-refractivity contribution in [3.8, 4) is 11.4 Å². The van der Waals surface area contributed by atoms with Crippen molar-refractivity contribution in [3.63, 3.8) is 0 Å². The summed E-state index contributed by atoms with van der Waals surface area (Å²) in [5, 5.41) is 1.55. The predicted molar refractivity (Wildman–Crippen MR) is 92.2 cm³/mol. The first-order valence-corrected chi connectivity index (χ1v) is 8.24. The van der Waals surface area contributed by atoms with Crippen LogP contribution in [-0.2, 0) is 6.54 Å². The smallest absolute Gasteiger partial charge is 0.144 e. The lowest BCUT2D eigenvalue weighted by atomic mass is 10.1. The van der Waals surface area contributed by atoms with Gasteiger partial charge in [0, 0.05) is 16.4 Å². The topological polar surface area (TPSA) is 43.8 Å². The molecule has 0 spiro atoms. The molecule has 3 rings (SSSR count). The number of aryl methyl sites for hydroxylation is 2. The minimum Gasteiger partial charge on any atom is -0.390 e. The fourth-order valence-corrected chi connectivity index (χ4v) is 3.77. The van der Waals surface area contributed by atoms with E-state index in [1.165, 1.54) is 10.4 Å². The number of imidazole rings is 1. The van der Waals surface area contributed by atoms with Gasteiger partial charge in [-0.3, -0.25) is 0 Å². The lowest BCUT2D eigenvalue weighted by Gasteiger charge is -2.08. The molecule has 21 heavy (non-hydrogen) atoms. The maximum atomic E-state index is 6.23. The largest absolute Gasteiger partial charge is 0.390 e. The van der Waals surface area contributed by atoms with Crippen LogP contribution < -0.4 is 5.73 Å². The number of nitrogen functional groups attached to an aromatic ring is 1. The zero-order valence-corrected chi connectivity index (χ0v) is 14.0. The Hall–Kier alpha value is -1.52. The first-order chi connectivity index (χ1) is 10.0. The molecule has 0 saturated heterocycles. The highest BCUT2D eigenvalue weighted by atomic mass is 35.5. The molecule has 0 fully saturated rings. The molecule has 2 aromatic heterocycles. The third-order valence-electron chi connectivity index (χ3n) is 3.79. The van der Waals surface area contributed by atoms with E-state index in [1.807, 2.05) is 18.2 Å². The van der Waals surface area contributed by atoms with Gasteiger partial charge in [-0.15, -0.1) is 11.3 Å². The van der Waals surface area contributed by atoms with E-state index >= 15 is 0 Å². The first kappa shape index (κ1) is 14.4. The molecule has 0 unspecified atom stereocenters. The van der Waals surface area contributed by atoms with Gasteiger partial charge in [-0.05, 0) is 44.0 Å². The van der Waals surface area contributed by atoms with Gasteiger partial charge in [0.25, 0.3) is 0 Å². The molecule has 3 aromatic rings. The van der Waals surface area contributed by atoms with Crippen molar-refractivity contribution < 1.29 is 0 Å². The van der Waals surface area contributed by atoms with Crippen LogP contribution in [0, 0.1) is 13.8 Å². The van der Waals surface area contributed by atoms with E-state index in [4.69, 9.17) is 22.3 Å². The Kier molecular flexibility index (Phi) is 3.68. The van der Waals surface area contributed by atoms with Crippen molar-refractivity contribution in [1.29, 1.82) is 0 Å². The number of rotatable bonds is 3. The predicted octanol–water partition coefficient (Wildman–Crippen LogP) is 5.03. The van der Waals surface area contributed by atoms with Crippen LogP contribution in [-0.4, -0.2) is 9.55 Å². The van der Waals surface area contributed by atoms with Gasteiger partial charge in [-0.2, -0.15) is 0 Å². The zero-order valence-electron chi connectivity index (χ0n) is 12.4. The standard InChI is InChI=1S/C16H18ClN3S/c1-4-7-20-13-6-5-11(17)8-12(13)19-16(20)14-9(2)10(3)21-15(14)18/h5-6,8H,4,7,18H2,1-3H3. The number of halogens is 1. The summed E-state index contributed by atoms with van der Waals surface area (Å²) in [7, 11) is 0. The molecule has 110 valence electrons. The summed E-state index contributed by atoms with van der Waals surface area (Å²) in [6, 6.07) is 5.86. The maximum Gasteiger partial charge on any atom is 0.144 e. The van der Waals surface area contributed by atoms with Crippen molar-refractivity contribution in [1.82, 2.24) is 9.55 Å². The number of benzene rings is 1. The van der Waals surface area contributed by atoms with Crippen molar-refractivity contribution in [2.45, 2.75) is 33.7 Å². The van der Waals surface area contributed by atoms with Gasteiger partial charge < -0.3 is 10.3 Å². The molecule has 2 heterocycles. The molecule has 3 nitrogen and oxygen atoms in total. The van der Waals surface area contributed by atoms with Crippen molar-refractivity contribution in [2.75, 3.05) is 5.73 Å². The summed E-state index contributed by atoms with van der Waals surface area (Å²) < 4.78 is 2.25. The third-order valence-corrected chi connectivity index (χ3v) is 5.07. The van der Waals surface area contributed by atoms with E-state index in [2.05, 4.69) is 25.3 Å². The summed E-state index contributed by atoms with van der Waals surface area (Å²) in [5.41, 5.74) is 10.6. The Morgan fingerprint density at radius 3 is 2.71 bits per heavy atom. The van der Waals surface area contributed by atoms with Crippen LogP contribution in [0.1, 0.15) is 23.8 Å². The summed E-state index contributed by atoms with van der Waals surface area (Å²) in [4.78, 5) is 6.05. The zero-order chi connectivity index (χ0) is 15.1. The van der Waals surface area contributed by atoms with Crippen LogP contribution in [0.2, 0.25) is 5.02 Å². The summed E-state index contributed by atoms with van der Waals surface area (Å²) in [6.07, 6.45) is 1.04. The second-order valence-electron chi connectivity index (χ2n) is 5.24. The van der Waals surface area contributed by atoms with E-state index in [0.717, 1.165) is 40.4 Å². The maximum absolute atomic E-state index is 6.23. The van der Waals surface area contributed by atoms with Crippen molar-refractivity contribution in [3.05, 3.63) is 33.7 Å². The molecular weight excluding hydrogens is 302 g/mol. The van der Waals surface area contributed by atoms with Gasteiger partial charge in [0.15, 0.2) is 0 Å². The molecule has 0 saturated carbocycles. The number of fused-ring (bicyclic) bond motifs is 1. The lowest BCUT2D eigenvalue weighted by Crippen LogP contribution is -2.01.